The first-order chi connectivity index (χ1) is 10.2. The van der Waals surface area contributed by atoms with E-state index in [4.69, 9.17) is 16.3 Å². The van der Waals surface area contributed by atoms with Crippen molar-refractivity contribution in [2.75, 3.05) is 12.4 Å². The number of nitrogens with one attached hydrogen (secondary N) is 2. The maximum atomic E-state index is 12.3. The number of hydrogen-bond acceptors (Lipinski definition) is 4. The molecule has 0 saturated heterocycles. The van der Waals surface area contributed by atoms with E-state index in [0.717, 1.165) is 0 Å². The smallest absolute Gasteiger partial charge is 0.257 e. The fourth-order valence-electron chi connectivity index (χ4n) is 1.93. The highest BCUT2D eigenvalue weighted by Gasteiger charge is 2.12. The number of H-pyrrole nitrogens is 1. The van der Waals surface area contributed by atoms with Crippen molar-refractivity contribution in [1.82, 2.24) is 15.0 Å². The highest BCUT2D eigenvalue weighted by Crippen LogP contribution is 2.28. The Labute approximate surface area is 125 Å². The molecule has 3 aromatic rings. The lowest BCUT2D eigenvalue weighted by molar-refractivity contribution is 0.102. The van der Waals surface area contributed by atoms with Gasteiger partial charge in [-0.05, 0) is 24.3 Å². The van der Waals surface area contributed by atoms with Gasteiger partial charge in [0.05, 0.1) is 30.2 Å². The van der Waals surface area contributed by atoms with Crippen molar-refractivity contribution in [3.63, 3.8) is 0 Å². The van der Waals surface area contributed by atoms with Gasteiger partial charge >= 0.3 is 0 Å². The van der Waals surface area contributed by atoms with Gasteiger partial charge in [0.25, 0.3) is 5.91 Å². The van der Waals surface area contributed by atoms with Gasteiger partial charge in [0.1, 0.15) is 5.75 Å². The molecular formula is C14H11ClN4O2. The van der Waals surface area contributed by atoms with E-state index >= 15 is 0 Å². The molecule has 0 aliphatic carbocycles. The Hall–Kier alpha value is -2.60. The Morgan fingerprint density at radius 1 is 1.33 bits per heavy atom. The monoisotopic (exact) mass is 302 g/mol. The van der Waals surface area contributed by atoms with Crippen molar-refractivity contribution in [1.29, 1.82) is 0 Å². The van der Waals surface area contributed by atoms with Crippen molar-refractivity contribution < 1.29 is 9.53 Å². The lowest BCUT2D eigenvalue weighted by Crippen LogP contribution is -2.13. The number of hydrogen-bond donors (Lipinski definition) is 2. The Balaban J connectivity index is 1.90. The number of methoxy groups -OCH3 is 1. The molecule has 3 rings (SSSR count). The first kappa shape index (κ1) is 13.4. The lowest BCUT2D eigenvalue weighted by Gasteiger charge is -2.10. The van der Waals surface area contributed by atoms with Gasteiger partial charge < -0.3 is 15.0 Å². The van der Waals surface area contributed by atoms with Gasteiger partial charge in [-0.25, -0.2) is 9.97 Å². The van der Waals surface area contributed by atoms with Gasteiger partial charge in [0.15, 0.2) is 5.65 Å². The Morgan fingerprint density at radius 2 is 2.19 bits per heavy atom. The predicted molar refractivity (Wildman–Crippen MR) is 79.8 cm³/mol. The number of halogens is 1. The van der Waals surface area contributed by atoms with Crippen LogP contribution in [0.5, 0.6) is 5.75 Å². The molecule has 0 aliphatic rings. The molecule has 2 aromatic heterocycles. The zero-order valence-corrected chi connectivity index (χ0v) is 11.8. The summed E-state index contributed by atoms with van der Waals surface area (Å²) in [5.41, 5.74) is 2.17. The van der Waals surface area contributed by atoms with Crippen LogP contribution in [0.25, 0.3) is 11.2 Å². The van der Waals surface area contributed by atoms with Gasteiger partial charge in [0.2, 0.25) is 0 Å². The average molecular weight is 303 g/mol. The molecule has 1 aromatic carbocycles. The fraction of sp³-hybridized carbons (Fsp3) is 0.0714. The van der Waals surface area contributed by atoms with Crippen LogP contribution in [0.1, 0.15) is 10.4 Å². The molecule has 7 heteroatoms. The number of nitrogens with zero attached hydrogens (tertiary/aromatic N) is 2. The molecule has 0 saturated carbocycles. The number of benzene rings is 1. The summed E-state index contributed by atoms with van der Waals surface area (Å²) in [7, 11) is 1.52. The number of aromatic amines is 1. The molecule has 2 N–H and O–H groups in total. The van der Waals surface area contributed by atoms with Crippen molar-refractivity contribution in [3.8, 4) is 5.75 Å². The van der Waals surface area contributed by atoms with Gasteiger partial charge in [-0.15, -0.1) is 0 Å². The molecule has 1 amide bonds. The molecule has 0 aliphatic heterocycles. The van der Waals surface area contributed by atoms with Crippen LogP contribution in [0.3, 0.4) is 0 Å². The highest BCUT2D eigenvalue weighted by atomic mass is 35.5. The third kappa shape index (κ3) is 2.66. The Kier molecular flexibility index (Phi) is 3.45. The second kappa shape index (κ2) is 5.41. The molecule has 6 nitrogen and oxygen atoms in total. The second-order valence-corrected chi connectivity index (χ2v) is 4.73. The number of ether oxygens (including phenoxy) is 1. The normalized spacial score (nSPS) is 10.6. The average Bonchev–Trinajstić information content (AvgIpc) is 2.94. The van der Waals surface area contributed by atoms with Crippen LogP contribution in [0.2, 0.25) is 5.02 Å². The molecule has 0 bridgehead atoms. The number of aromatic nitrogens is 3. The van der Waals surface area contributed by atoms with E-state index in [1.807, 2.05) is 0 Å². The molecule has 106 valence electrons. The molecule has 0 spiro atoms. The SMILES string of the molecule is COc1ccc(Cl)cc1NC(=O)c1cnc2nc[nH]c2c1. The molecule has 21 heavy (non-hydrogen) atoms. The van der Waals surface area contributed by atoms with Crippen LogP contribution >= 0.6 is 11.6 Å². The summed E-state index contributed by atoms with van der Waals surface area (Å²) in [5.74, 6) is 0.225. The van der Waals surface area contributed by atoms with E-state index in [0.29, 0.717) is 33.2 Å². The van der Waals surface area contributed by atoms with E-state index < -0.39 is 0 Å². The van der Waals surface area contributed by atoms with Crippen LogP contribution in [-0.4, -0.2) is 28.0 Å². The summed E-state index contributed by atoms with van der Waals surface area (Å²) in [6.07, 6.45) is 2.99. The number of carbonyl (C=O) groups excluding carboxylic acids is 1. The minimum atomic E-state index is -0.306. The van der Waals surface area contributed by atoms with Crippen molar-refractivity contribution in [2.45, 2.75) is 0 Å². The molecular weight excluding hydrogens is 292 g/mol. The standard InChI is InChI=1S/C14H11ClN4O2/c1-21-12-3-2-9(15)5-10(12)19-14(20)8-4-11-13(16-6-8)18-7-17-11/h2-7H,1H3,(H,19,20)(H,16,17,18). The predicted octanol–water partition coefficient (Wildman–Crippen LogP) is 2.87. The number of amides is 1. The number of carbonyl (C=O) groups is 1. The van der Waals surface area contributed by atoms with Gasteiger partial charge in [-0.1, -0.05) is 11.6 Å². The molecule has 0 atom stereocenters. The number of anilines is 1. The van der Waals surface area contributed by atoms with Crippen LogP contribution in [0, 0.1) is 0 Å². The summed E-state index contributed by atoms with van der Waals surface area (Å²) < 4.78 is 5.19. The van der Waals surface area contributed by atoms with Gasteiger partial charge in [-0.3, -0.25) is 4.79 Å². The largest absolute Gasteiger partial charge is 0.495 e. The van der Waals surface area contributed by atoms with Crippen LogP contribution in [0.4, 0.5) is 5.69 Å². The zero-order valence-electron chi connectivity index (χ0n) is 11.1. The van der Waals surface area contributed by atoms with Crippen LogP contribution < -0.4 is 10.1 Å². The van der Waals surface area contributed by atoms with E-state index in [2.05, 4.69) is 20.3 Å². The van der Waals surface area contributed by atoms with E-state index in [1.165, 1.54) is 19.6 Å². The molecule has 0 unspecified atom stereocenters. The topological polar surface area (TPSA) is 79.9 Å². The van der Waals surface area contributed by atoms with Crippen molar-refractivity contribution >= 4 is 34.4 Å². The first-order valence-electron chi connectivity index (χ1n) is 6.11. The lowest BCUT2D eigenvalue weighted by atomic mass is 10.2. The summed E-state index contributed by atoms with van der Waals surface area (Å²) >= 11 is 5.93. The second-order valence-electron chi connectivity index (χ2n) is 4.30. The Bertz CT molecular complexity index is 816. The number of fused-ring (bicyclic) bond motifs is 1. The summed E-state index contributed by atoms with van der Waals surface area (Å²) in [6, 6.07) is 6.69. The van der Waals surface area contributed by atoms with E-state index in [-0.39, 0.29) is 5.91 Å². The third-order valence-electron chi connectivity index (χ3n) is 2.95. The summed E-state index contributed by atoms with van der Waals surface area (Å²) in [6.45, 7) is 0. The maximum absolute atomic E-state index is 12.3. The zero-order chi connectivity index (χ0) is 14.8. The summed E-state index contributed by atoms with van der Waals surface area (Å²) in [5, 5.41) is 3.26. The fourth-order valence-corrected chi connectivity index (χ4v) is 2.10. The molecule has 0 radical (unpaired) electrons. The van der Waals surface area contributed by atoms with Crippen LogP contribution in [0.15, 0.2) is 36.8 Å². The van der Waals surface area contributed by atoms with Gasteiger partial charge in [0, 0.05) is 11.2 Å². The van der Waals surface area contributed by atoms with Gasteiger partial charge in [-0.2, -0.15) is 0 Å². The maximum Gasteiger partial charge on any atom is 0.257 e. The van der Waals surface area contributed by atoms with Crippen LogP contribution in [-0.2, 0) is 0 Å². The first-order valence-corrected chi connectivity index (χ1v) is 6.49. The quantitative estimate of drug-likeness (QED) is 0.779. The van der Waals surface area contributed by atoms with Crippen molar-refractivity contribution in [3.05, 3.63) is 47.4 Å². The number of imidazole rings is 1. The number of pyridine rings is 1. The molecule has 2 heterocycles. The highest BCUT2D eigenvalue weighted by molar-refractivity contribution is 6.31. The van der Waals surface area contributed by atoms with Crippen molar-refractivity contribution in [2.24, 2.45) is 0 Å². The third-order valence-corrected chi connectivity index (χ3v) is 3.18. The Morgan fingerprint density at radius 3 is 3.00 bits per heavy atom. The minimum Gasteiger partial charge on any atom is -0.495 e. The minimum absolute atomic E-state index is 0.306. The van der Waals surface area contributed by atoms with E-state index in [9.17, 15) is 4.79 Å². The summed E-state index contributed by atoms with van der Waals surface area (Å²) in [4.78, 5) is 23.3. The van der Waals surface area contributed by atoms with E-state index in [1.54, 1.807) is 24.3 Å². The number of rotatable bonds is 3. The molecule has 0 fully saturated rings.